The molecule has 7 atom stereocenters. The molecule has 5 aliphatic rings. The zero-order chi connectivity index (χ0) is 11.4. The fraction of sp³-hybridized carbons (Fsp3) is 0.882. The lowest BCUT2D eigenvalue weighted by Gasteiger charge is -2.68. The lowest BCUT2D eigenvalue weighted by Crippen LogP contribution is -2.59. The molecule has 0 aromatic carbocycles. The van der Waals surface area contributed by atoms with Crippen LogP contribution in [0.25, 0.3) is 0 Å². The third kappa shape index (κ3) is 0.805. The summed E-state index contributed by atoms with van der Waals surface area (Å²) >= 11 is 0. The predicted octanol–water partition coefficient (Wildman–Crippen LogP) is 4.42. The van der Waals surface area contributed by atoms with E-state index in [-0.39, 0.29) is 0 Å². The molecular weight excluding hydrogens is 204 g/mol. The van der Waals surface area contributed by atoms with Crippen LogP contribution in [-0.4, -0.2) is 0 Å². The highest BCUT2D eigenvalue weighted by molar-refractivity contribution is 5.53. The van der Waals surface area contributed by atoms with Crippen LogP contribution in [0.2, 0.25) is 0 Å². The van der Waals surface area contributed by atoms with E-state index >= 15 is 0 Å². The van der Waals surface area contributed by atoms with Gasteiger partial charge in [-0.05, 0) is 73.0 Å². The summed E-state index contributed by atoms with van der Waals surface area (Å²) in [6.45, 7) is 5.17. The zero-order valence-corrected chi connectivity index (χ0v) is 11.2. The molecule has 0 spiro atoms. The molecule has 5 aliphatic carbocycles. The third-order valence-electron chi connectivity index (χ3n) is 7.80. The summed E-state index contributed by atoms with van der Waals surface area (Å²) in [6.07, 6.45) is 9.25. The molecule has 0 saturated heterocycles. The second-order valence-electron chi connectivity index (χ2n) is 7.91. The smallest absolute Gasteiger partial charge is 0.00192 e. The van der Waals surface area contributed by atoms with Crippen molar-refractivity contribution in [1.82, 2.24) is 0 Å². The molecule has 0 bridgehead atoms. The van der Waals surface area contributed by atoms with Gasteiger partial charge in [0.25, 0.3) is 0 Å². The average Bonchev–Trinajstić information content (AvgIpc) is 2.44. The van der Waals surface area contributed by atoms with Gasteiger partial charge in [0, 0.05) is 0 Å². The van der Waals surface area contributed by atoms with Gasteiger partial charge in [-0.1, -0.05) is 31.4 Å². The van der Waals surface area contributed by atoms with E-state index in [2.05, 4.69) is 13.8 Å². The molecule has 0 radical (unpaired) electrons. The average molecular weight is 228 g/mol. The summed E-state index contributed by atoms with van der Waals surface area (Å²) in [7, 11) is 0. The van der Waals surface area contributed by atoms with Crippen LogP contribution in [0, 0.1) is 40.9 Å². The highest BCUT2D eigenvalue weighted by Gasteiger charge is 2.69. The van der Waals surface area contributed by atoms with Crippen LogP contribution in [0.3, 0.4) is 0 Å². The van der Waals surface area contributed by atoms with Gasteiger partial charge < -0.3 is 0 Å². The Kier molecular flexibility index (Phi) is 1.52. The van der Waals surface area contributed by atoms with Crippen molar-refractivity contribution in [2.75, 3.05) is 0 Å². The van der Waals surface area contributed by atoms with Crippen molar-refractivity contribution in [2.45, 2.75) is 52.4 Å². The first-order valence-corrected chi connectivity index (χ1v) is 7.97. The normalized spacial score (nSPS) is 62.5. The van der Waals surface area contributed by atoms with Gasteiger partial charge in [-0.3, -0.25) is 0 Å². The molecular formula is C17H24. The van der Waals surface area contributed by atoms with E-state index in [9.17, 15) is 0 Å². The van der Waals surface area contributed by atoms with Crippen molar-refractivity contribution < 1.29 is 0 Å². The fourth-order valence-electron chi connectivity index (χ4n) is 6.70. The first kappa shape index (κ1) is 9.64. The molecule has 0 aromatic heterocycles. The van der Waals surface area contributed by atoms with Gasteiger partial charge >= 0.3 is 0 Å². The minimum absolute atomic E-state index is 0.666. The minimum atomic E-state index is 0.666. The molecule has 0 heteroatoms. The Morgan fingerprint density at radius 1 is 1.12 bits per heavy atom. The molecule has 92 valence electrons. The molecule has 0 amide bonds. The third-order valence-corrected chi connectivity index (χ3v) is 7.80. The van der Waals surface area contributed by atoms with Gasteiger partial charge in [-0.15, -0.1) is 0 Å². The summed E-state index contributed by atoms with van der Waals surface area (Å²) in [6, 6.07) is 0. The summed E-state index contributed by atoms with van der Waals surface area (Å²) in [5.74, 6) is 6.47. The molecule has 0 aromatic rings. The van der Waals surface area contributed by atoms with E-state index in [1.54, 1.807) is 19.3 Å². The van der Waals surface area contributed by atoms with Crippen LogP contribution in [0.5, 0.6) is 0 Å². The molecule has 5 rings (SSSR count). The van der Waals surface area contributed by atoms with Gasteiger partial charge in [0.15, 0.2) is 0 Å². The number of allylic oxidation sites excluding steroid dienone is 2. The maximum absolute atomic E-state index is 2.63. The van der Waals surface area contributed by atoms with Crippen molar-refractivity contribution >= 4 is 0 Å². The molecule has 6 unspecified atom stereocenters. The van der Waals surface area contributed by atoms with Crippen molar-refractivity contribution in [3.05, 3.63) is 11.1 Å². The first-order chi connectivity index (χ1) is 8.23. The lowest BCUT2D eigenvalue weighted by atomic mass is 9.36. The Labute approximate surface area is 105 Å². The van der Waals surface area contributed by atoms with Crippen molar-refractivity contribution in [3.63, 3.8) is 0 Å². The summed E-state index contributed by atoms with van der Waals surface area (Å²) < 4.78 is 0. The summed E-state index contributed by atoms with van der Waals surface area (Å²) in [5.41, 5.74) is 4.70. The second-order valence-corrected chi connectivity index (χ2v) is 7.91. The zero-order valence-electron chi connectivity index (χ0n) is 11.2. The van der Waals surface area contributed by atoms with Crippen molar-refractivity contribution in [1.29, 1.82) is 0 Å². The first-order valence-electron chi connectivity index (χ1n) is 7.97. The second kappa shape index (κ2) is 2.68. The molecule has 3 saturated carbocycles. The van der Waals surface area contributed by atoms with Gasteiger partial charge in [0.2, 0.25) is 0 Å². The van der Waals surface area contributed by atoms with Crippen LogP contribution in [0.4, 0.5) is 0 Å². The van der Waals surface area contributed by atoms with E-state index in [4.69, 9.17) is 0 Å². The molecule has 17 heavy (non-hydrogen) atoms. The quantitative estimate of drug-likeness (QED) is 0.539. The molecule has 3 fully saturated rings. The number of hydrogen-bond acceptors (Lipinski definition) is 0. The van der Waals surface area contributed by atoms with Crippen LogP contribution >= 0.6 is 0 Å². The Morgan fingerprint density at radius 3 is 2.76 bits per heavy atom. The SMILES string of the molecule is CC1CCCC2C3=C(C4C3C[C@@H]3CCC43)C12C. The van der Waals surface area contributed by atoms with E-state index in [1.165, 1.54) is 19.3 Å². The maximum Gasteiger partial charge on any atom is -0.00192 e. The summed E-state index contributed by atoms with van der Waals surface area (Å²) in [5, 5.41) is 0. The topological polar surface area (TPSA) is 0 Å². The molecule has 0 heterocycles. The summed E-state index contributed by atoms with van der Waals surface area (Å²) in [4.78, 5) is 0. The highest BCUT2D eigenvalue weighted by atomic mass is 14.7. The van der Waals surface area contributed by atoms with Gasteiger partial charge in [0.05, 0.1) is 0 Å². The number of rotatable bonds is 0. The lowest BCUT2D eigenvalue weighted by molar-refractivity contribution is -0.00231. The Morgan fingerprint density at radius 2 is 2.00 bits per heavy atom. The Hall–Kier alpha value is -0.260. The largest absolute Gasteiger partial charge is 0.0624 e. The molecule has 0 aliphatic heterocycles. The fourth-order valence-corrected chi connectivity index (χ4v) is 6.70. The van der Waals surface area contributed by atoms with Gasteiger partial charge in [0.1, 0.15) is 0 Å². The van der Waals surface area contributed by atoms with Crippen molar-refractivity contribution in [3.8, 4) is 0 Å². The van der Waals surface area contributed by atoms with E-state index < -0.39 is 0 Å². The van der Waals surface area contributed by atoms with Gasteiger partial charge in [-0.2, -0.15) is 0 Å². The molecule has 0 N–H and O–H groups in total. The van der Waals surface area contributed by atoms with Crippen LogP contribution in [0.15, 0.2) is 11.1 Å². The van der Waals surface area contributed by atoms with Crippen molar-refractivity contribution in [2.24, 2.45) is 40.9 Å². The van der Waals surface area contributed by atoms with Crippen LogP contribution in [-0.2, 0) is 0 Å². The standard InChI is InChI=1S/C17H24/c1-9-4-3-5-13-15-12-8-10-6-7-11(10)14(12)16(15)17(9,13)2/h9-14H,3-8H2,1-2H3/t9?,10-,11?,12?,13?,14?,17?/m0/s1. The van der Waals surface area contributed by atoms with E-state index in [1.807, 2.05) is 11.1 Å². The Balaban J connectivity index is 1.58. The Bertz CT molecular complexity index is 431. The minimum Gasteiger partial charge on any atom is -0.0624 e. The van der Waals surface area contributed by atoms with Crippen LogP contribution in [0.1, 0.15) is 52.4 Å². The van der Waals surface area contributed by atoms with E-state index in [0.717, 1.165) is 35.5 Å². The predicted molar refractivity (Wildman–Crippen MR) is 69.4 cm³/mol. The highest BCUT2D eigenvalue weighted by Crippen LogP contribution is 2.78. The molecule has 0 nitrogen and oxygen atoms in total. The number of fused-ring (bicyclic) bond motifs is 8. The van der Waals surface area contributed by atoms with Crippen LogP contribution < -0.4 is 0 Å². The maximum atomic E-state index is 2.63. The van der Waals surface area contributed by atoms with E-state index in [0.29, 0.717) is 5.41 Å². The monoisotopic (exact) mass is 228 g/mol. The number of hydrogen-bond donors (Lipinski definition) is 0. The van der Waals surface area contributed by atoms with Gasteiger partial charge in [-0.25, -0.2) is 0 Å².